The van der Waals surface area contributed by atoms with E-state index in [-0.39, 0.29) is 12.1 Å². The number of morpholine rings is 1. The Labute approximate surface area is 205 Å². The van der Waals surface area contributed by atoms with Crippen LogP contribution in [0.15, 0.2) is 39.6 Å². The highest BCUT2D eigenvalue weighted by molar-refractivity contribution is 9.10. The van der Waals surface area contributed by atoms with Crippen LogP contribution in [0, 0.1) is 5.41 Å². The van der Waals surface area contributed by atoms with E-state index in [1.54, 1.807) is 26.8 Å². The van der Waals surface area contributed by atoms with Crippen molar-refractivity contribution < 1.29 is 23.4 Å². The number of aromatic nitrogens is 3. The van der Waals surface area contributed by atoms with Gasteiger partial charge in [0, 0.05) is 34.6 Å². The lowest BCUT2D eigenvalue weighted by Crippen LogP contribution is -2.38. The molecule has 2 aromatic rings. The number of amides is 1. The van der Waals surface area contributed by atoms with Gasteiger partial charge in [-0.1, -0.05) is 20.8 Å². The van der Waals surface area contributed by atoms with Crippen LogP contribution in [0.1, 0.15) is 20.8 Å². The summed E-state index contributed by atoms with van der Waals surface area (Å²) in [6.45, 7) is 7.80. The van der Waals surface area contributed by atoms with Crippen LogP contribution in [0.4, 0.5) is 14.9 Å². The second kappa shape index (κ2) is 10.6. The van der Waals surface area contributed by atoms with Crippen molar-refractivity contribution in [3.05, 3.63) is 45.3 Å². The Balaban J connectivity index is 1.95. The average molecular weight is 542 g/mol. The van der Waals surface area contributed by atoms with Gasteiger partial charge >= 0.3 is 11.8 Å². The van der Waals surface area contributed by atoms with Gasteiger partial charge in [-0.2, -0.15) is 5.10 Å². The predicted octanol–water partition coefficient (Wildman–Crippen LogP) is 3.01. The van der Waals surface area contributed by atoms with E-state index in [4.69, 9.17) is 19.9 Å². The number of carbonyl (C=O) groups excluding carboxylic acids is 1. The number of nitrogens with two attached hydrogens (primary N) is 1. The zero-order valence-electron chi connectivity index (χ0n) is 19.6. The predicted molar refractivity (Wildman–Crippen MR) is 128 cm³/mol. The van der Waals surface area contributed by atoms with Gasteiger partial charge in [-0.05, 0) is 22.0 Å². The van der Waals surface area contributed by atoms with E-state index < -0.39 is 23.3 Å². The fourth-order valence-electron chi connectivity index (χ4n) is 3.81. The number of ether oxygens (including phenoxy) is 3. The molecule has 3 rings (SSSR count). The quantitative estimate of drug-likeness (QED) is 0.572. The van der Waals surface area contributed by atoms with Crippen LogP contribution < -0.4 is 21.1 Å². The number of carbonyl (C=O) groups is 1. The maximum absolute atomic E-state index is 13.8. The van der Waals surface area contributed by atoms with E-state index >= 15 is 0 Å². The van der Waals surface area contributed by atoms with E-state index in [0.717, 1.165) is 27.9 Å². The minimum absolute atomic E-state index is 0.0504. The zero-order valence-corrected chi connectivity index (χ0v) is 21.2. The number of hydrogen-bond acceptors (Lipinski definition) is 7. The topological polar surface area (TPSA) is 114 Å². The molecule has 12 heteroatoms. The monoisotopic (exact) mass is 541 g/mol. The minimum Gasteiger partial charge on any atom is -0.494 e. The molecule has 1 saturated heterocycles. The first-order valence-electron chi connectivity index (χ1n) is 10.7. The second-order valence-electron chi connectivity index (χ2n) is 8.88. The molecule has 34 heavy (non-hydrogen) atoms. The Bertz CT molecular complexity index is 1120. The van der Waals surface area contributed by atoms with Crippen LogP contribution in [0.5, 0.6) is 5.75 Å². The molecule has 1 atom stereocenters. The Kier molecular flexibility index (Phi) is 8.03. The van der Waals surface area contributed by atoms with Crippen molar-refractivity contribution in [3.63, 3.8) is 0 Å². The van der Waals surface area contributed by atoms with E-state index in [9.17, 15) is 14.0 Å². The lowest BCUT2D eigenvalue weighted by Gasteiger charge is -2.31. The maximum Gasteiger partial charge on any atom is 0.405 e. The molecule has 1 aliphatic heterocycles. The fourth-order valence-corrected chi connectivity index (χ4v) is 4.40. The molecule has 0 radical (unpaired) electrons. The molecule has 1 aliphatic rings. The summed E-state index contributed by atoms with van der Waals surface area (Å²) in [7, 11) is 1.52. The van der Waals surface area contributed by atoms with Crippen molar-refractivity contribution in [2.45, 2.75) is 33.4 Å². The molecule has 1 unspecified atom stereocenters. The number of halogens is 2. The Morgan fingerprint density at radius 1 is 1.32 bits per heavy atom. The standard InChI is InChI=1S/C22H29BrFN5O5/c1-22(2,3)19(34-20(25)30)14(11-24)12-29-21(31)28(13-26-29)17-9-15(23)16(10-18(17)32-4)27-5-7-33-8-6-27/h9-11,13,19H,5-8,12H2,1-4H3,(H2,25,30). The molecule has 1 amide bonds. The third-order valence-corrected chi connectivity index (χ3v) is 6.06. The van der Waals surface area contributed by atoms with E-state index in [1.807, 2.05) is 6.07 Å². The molecule has 1 aromatic carbocycles. The van der Waals surface area contributed by atoms with Crippen LogP contribution in [-0.2, 0) is 16.0 Å². The third kappa shape index (κ3) is 5.61. The molecule has 2 heterocycles. The fraction of sp³-hybridized carbons (Fsp3) is 0.500. The SMILES string of the molecule is COc1cc(N2CCOCC2)c(Br)cc1-n1cnn(CC(=CF)C(OC(N)=O)C(C)(C)C)c1=O. The number of benzene rings is 1. The largest absolute Gasteiger partial charge is 0.494 e. The minimum atomic E-state index is -1.04. The molecule has 0 spiro atoms. The van der Waals surface area contributed by atoms with Crippen molar-refractivity contribution >= 4 is 27.7 Å². The van der Waals surface area contributed by atoms with Crippen LogP contribution in [0.25, 0.3) is 5.69 Å². The smallest absolute Gasteiger partial charge is 0.405 e. The van der Waals surface area contributed by atoms with Gasteiger partial charge in [-0.25, -0.2) is 23.2 Å². The summed E-state index contributed by atoms with van der Waals surface area (Å²) in [5.74, 6) is 0.470. The number of primary amides is 1. The number of nitrogens with zero attached hydrogens (tertiary/aromatic N) is 4. The Morgan fingerprint density at radius 2 is 2.00 bits per heavy atom. The summed E-state index contributed by atoms with van der Waals surface area (Å²) >= 11 is 3.59. The summed E-state index contributed by atoms with van der Waals surface area (Å²) in [5, 5.41) is 4.13. The Morgan fingerprint density at radius 3 is 2.56 bits per heavy atom. The summed E-state index contributed by atoms with van der Waals surface area (Å²) in [5.41, 5.74) is 5.43. The van der Waals surface area contributed by atoms with Gasteiger partial charge < -0.3 is 24.8 Å². The lowest BCUT2D eigenvalue weighted by atomic mass is 9.84. The first-order valence-corrected chi connectivity index (χ1v) is 11.5. The summed E-state index contributed by atoms with van der Waals surface area (Å²) in [6.07, 6.45) is -0.369. The van der Waals surface area contributed by atoms with Gasteiger partial charge in [0.1, 0.15) is 18.2 Å². The Hall–Kier alpha value is -2.86. The molecule has 0 aliphatic carbocycles. The highest BCUT2D eigenvalue weighted by Gasteiger charge is 2.32. The van der Waals surface area contributed by atoms with Crippen molar-refractivity contribution in [2.24, 2.45) is 11.1 Å². The highest BCUT2D eigenvalue weighted by Crippen LogP contribution is 2.36. The van der Waals surface area contributed by atoms with Crippen LogP contribution in [-0.4, -0.2) is 60.0 Å². The normalized spacial score (nSPS) is 15.8. The molecular weight excluding hydrogens is 513 g/mol. The molecule has 186 valence electrons. The van der Waals surface area contributed by atoms with Gasteiger partial charge in [0.05, 0.1) is 44.6 Å². The van der Waals surface area contributed by atoms with Gasteiger partial charge in [-0.15, -0.1) is 0 Å². The molecule has 1 aromatic heterocycles. The van der Waals surface area contributed by atoms with Gasteiger partial charge in [0.2, 0.25) is 0 Å². The van der Waals surface area contributed by atoms with E-state index in [0.29, 0.717) is 31.0 Å². The number of rotatable bonds is 7. The summed E-state index contributed by atoms with van der Waals surface area (Å²) < 4.78 is 33.1. The molecule has 2 N–H and O–H groups in total. The van der Waals surface area contributed by atoms with Crippen LogP contribution in [0.3, 0.4) is 0 Å². The third-order valence-electron chi connectivity index (χ3n) is 5.42. The molecule has 10 nitrogen and oxygen atoms in total. The summed E-state index contributed by atoms with van der Waals surface area (Å²) in [4.78, 5) is 26.7. The molecule has 1 fully saturated rings. The van der Waals surface area contributed by atoms with Gasteiger partial charge in [0.25, 0.3) is 0 Å². The van der Waals surface area contributed by atoms with Crippen molar-refractivity contribution in [2.75, 3.05) is 38.3 Å². The zero-order chi connectivity index (χ0) is 25.0. The van der Waals surface area contributed by atoms with Gasteiger partial charge in [-0.3, -0.25) is 0 Å². The first kappa shape index (κ1) is 25.8. The highest BCUT2D eigenvalue weighted by atomic mass is 79.9. The number of anilines is 1. The van der Waals surface area contributed by atoms with Crippen molar-refractivity contribution in [1.82, 2.24) is 14.3 Å². The van der Waals surface area contributed by atoms with Crippen LogP contribution in [0.2, 0.25) is 0 Å². The molecule has 0 bridgehead atoms. The van der Waals surface area contributed by atoms with Crippen molar-refractivity contribution in [1.29, 1.82) is 0 Å². The van der Waals surface area contributed by atoms with E-state index in [1.165, 1.54) is 18.0 Å². The van der Waals surface area contributed by atoms with E-state index in [2.05, 4.69) is 25.9 Å². The first-order chi connectivity index (χ1) is 16.1. The van der Waals surface area contributed by atoms with Crippen molar-refractivity contribution in [3.8, 4) is 11.4 Å². The average Bonchev–Trinajstić information content (AvgIpc) is 3.15. The second-order valence-corrected chi connectivity index (χ2v) is 9.74. The maximum atomic E-state index is 13.8. The summed E-state index contributed by atoms with van der Waals surface area (Å²) in [6, 6.07) is 3.62. The van der Waals surface area contributed by atoms with Gasteiger partial charge in [0.15, 0.2) is 0 Å². The number of methoxy groups -OCH3 is 1. The van der Waals surface area contributed by atoms with Crippen LogP contribution >= 0.6 is 15.9 Å². The number of hydrogen-bond donors (Lipinski definition) is 1. The lowest BCUT2D eigenvalue weighted by molar-refractivity contribution is 0.0566. The molecule has 0 saturated carbocycles. The molecular formula is C22H29BrFN5O5.